The molecule has 19 heavy (non-hydrogen) atoms. The number of aromatic nitrogens is 1. The Bertz CT molecular complexity index is 529. The molecule has 0 aliphatic heterocycles. The first-order valence-corrected chi connectivity index (χ1v) is 6.24. The van der Waals surface area contributed by atoms with Crippen LogP contribution in [0.4, 0.5) is 8.78 Å². The topological polar surface area (TPSA) is 38.9 Å². The van der Waals surface area contributed by atoms with E-state index in [0.717, 1.165) is 18.1 Å². The molecule has 1 aromatic carbocycles. The van der Waals surface area contributed by atoms with E-state index in [0.29, 0.717) is 18.4 Å². The SMILES string of the molecule is NC(CCc1cccnc1)Cc1cccc(F)c1F. The highest BCUT2D eigenvalue weighted by atomic mass is 19.2. The molecular formula is C15H16F2N2. The van der Waals surface area contributed by atoms with Crippen molar-refractivity contribution in [1.82, 2.24) is 4.98 Å². The van der Waals surface area contributed by atoms with Crippen molar-refractivity contribution in [2.45, 2.75) is 25.3 Å². The number of hydrogen-bond donors (Lipinski definition) is 1. The zero-order valence-corrected chi connectivity index (χ0v) is 10.5. The van der Waals surface area contributed by atoms with Crippen molar-refractivity contribution < 1.29 is 8.78 Å². The average Bonchev–Trinajstić information content (AvgIpc) is 2.43. The van der Waals surface area contributed by atoms with Gasteiger partial charge in [0.05, 0.1) is 0 Å². The Labute approximate surface area is 111 Å². The van der Waals surface area contributed by atoms with Crippen LogP contribution >= 0.6 is 0 Å². The van der Waals surface area contributed by atoms with Crippen LogP contribution in [-0.2, 0) is 12.8 Å². The highest BCUT2D eigenvalue weighted by Crippen LogP contribution is 2.14. The predicted octanol–water partition coefficient (Wildman–Crippen LogP) is 2.86. The smallest absolute Gasteiger partial charge is 0.162 e. The van der Waals surface area contributed by atoms with Gasteiger partial charge in [-0.25, -0.2) is 8.78 Å². The summed E-state index contributed by atoms with van der Waals surface area (Å²) in [5, 5.41) is 0. The molecule has 1 atom stereocenters. The second-order valence-corrected chi connectivity index (χ2v) is 4.58. The molecule has 1 heterocycles. The summed E-state index contributed by atoms with van der Waals surface area (Å²) in [4.78, 5) is 4.02. The zero-order valence-electron chi connectivity index (χ0n) is 10.5. The van der Waals surface area contributed by atoms with E-state index in [4.69, 9.17) is 5.73 Å². The van der Waals surface area contributed by atoms with E-state index in [1.54, 1.807) is 18.5 Å². The van der Waals surface area contributed by atoms with Gasteiger partial charge in [0.15, 0.2) is 11.6 Å². The maximum absolute atomic E-state index is 13.5. The van der Waals surface area contributed by atoms with Gasteiger partial charge in [-0.3, -0.25) is 4.98 Å². The lowest BCUT2D eigenvalue weighted by Gasteiger charge is -2.12. The summed E-state index contributed by atoms with van der Waals surface area (Å²) in [6.45, 7) is 0. The molecule has 2 rings (SSSR count). The Balaban J connectivity index is 1.91. The van der Waals surface area contributed by atoms with Gasteiger partial charge in [-0.05, 0) is 42.5 Å². The minimum absolute atomic E-state index is 0.198. The van der Waals surface area contributed by atoms with Gasteiger partial charge in [-0.15, -0.1) is 0 Å². The standard InChI is InChI=1S/C15H16F2N2/c16-14-5-1-4-12(15(14)17)9-13(18)7-6-11-3-2-8-19-10-11/h1-5,8,10,13H,6-7,9,18H2. The Morgan fingerprint density at radius 1 is 1.16 bits per heavy atom. The predicted molar refractivity (Wildman–Crippen MR) is 70.6 cm³/mol. The molecule has 0 bridgehead atoms. The number of rotatable bonds is 5. The van der Waals surface area contributed by atoms with Gasteiger partial charge in [0.2, 0.25) is 0 Å². The quantitative estimate of drug-likeness (QED) is 0.900. The van der Waals surface area contributed by atoms with Crippen LogP contribution in [0.5, 0.6) is 0 Å². The summed E-state index contributed by atoms with van der Waals surface area (Å²) in [6, 6.07) is 7.83. The third-order valence-electron chi connectivity index (χ3n) is 3.04. The van der Waals surface area contributed by atoms with Gasteiger partial charge in [0, 0.05) is 18.4 Å². The minimum Gasteiger partial charge on any atom is -0.327 e. The number of pyridine rings is 1. The second kappa shape index (κ2) is 6.38. The summed E-state index contributed by atoms with van der Waals surface area (Å²) in [5.74, 6) is -1.61. The minimum atomic E-state index is -0.822. The fourth-order valence-electron chi connectivity index (χ4n) is 1.99. The van der Waals surface area contributed by atoms with Crippen molar-refractivity contribution in [3.63, 3.8) is 0 Å². The normalized spacial score (nSPS) is 12.4. The molecule has 2 N–H and O–H groups in total. The van der Waals surface area contributed by atoms with Gasteiger partial charge in [0.1, 0.15) is 0 Å². The van der Waals surface area contributed by atoms with Gasteiger partial charge in [-0.1, -0.05) is 18.2 Å². The van der Waals surface area contributed by atoms with Gasteiger partial charge < -0.3 is 5.73 Å². The van der Waals surface area contributed by atoms with E-state index in [-0.39, 0.29) is 6.04 Å². The number of aryl methyl sites for hydroxylation is 1. The molecule has 1 aromatic heterocycles. The molecule has 2 nitrogen and oxygen atoms in total. The maximum Gasteiger partial charge on any atom is 0.162 e. The van der Waals surface area contributed by atoms with E-state index in [1.165, 1.54) is 6.07 Å². The number of halogens is 2. The van der Waals surface area contributed by atoms with Crippen molar-refractivity contribution in [3.05, 3.63) is 65.5 Å². The molecule has 0 aliphatic rings. The summed E-state index contributed by atoms with van der Waals surface area (Å²) in [7, 11) is 0. The second-order valence-electron chi connectivity index (χ2n) is 4.58. The van der Waals surface area contributed by atoms with Crippen molar-refractivity contribution >= 4 is 0 Å². The first kappa shape index (κ1) is 13.6. The average molecular weight is 262 g/mol. The van der Waals surface area contributed by atoms with Crippen LogP contribution in [0.1, 0.15) is 17.5 Å². The van der Waals surface area contributed by atoms with E-state index in [2.05, 4.69) is 4.98 Å². The summed E-state index contributed by atoms with van der Waals surface area (Å²) < 4.78 is 26.5. The zero-order chi connectivity index (χ0) is 13.7. The molecule has 0 saturated carbocycles. The molecule has 0 spiro atoms. The summed E-state index contributed by atoms with van der Waals surface area (Å²) in [6.07, 6.45) is 5.33. The molecule has 0 saturated heterocycles. The third kappa shape index (κ3) is 3.83. The Hall–Kier alpha value is -1.81. The van der Waals surface area contributed by atoms with Crippen LogP contribution < -0.4 is 5.73 Å². The highest BCUT2D eigenvalue weighted by Gasteiger charge is 2.11. The number of benzene rings is 1. The Morgan fingerprint density at radius 3 is 2.74 bits per heavy atom. The largest absolute Gasteiger partial charge is 0.327 e. The van der Waals surface area contributed by atoms with Crippen molar-refractivity contribution in [2.24, 2.45) is 5.73 Å². The fourth-order valence-corrected chi connectivity index (χ4v) is 1.99. The van der Waals surface area contributed by atoms with Gasteiger partial charge in [0.25, 0.3) is 0 Å². The third-order valence-corrected chi connectivity index (χ3v) is 3.04. The molecule has 0 aliphatic carbocycles. The van der Waals surface area contributed by atoms with Crippen molar-refractivity contribution in [3.8, 4) is 0 Å². The lowest BCUT2D eigenvalue weighted by atomic mass is 10.00. The molecule has 1 unspecified atom stereocenters. The van der Waals surface area contributed by atoms with Crippen LogP contribution in [0.15, 0.2) is 42.7 Å². The van der Waals surface area contributed by atoms with Crippen LogP contribution in [0.3, 0.4) is 0 Å². The van der Waals surface area contributed by atoms with E-state index in [1.807, 2.05) is 12.1 Å². The maximum atomic E-state index is 13.5. The van der Waals surface area contributed by atoms with Crippen LogP contribution in [-0.4, -0.2) is 11.0 Å². The Kier molecular flexibility index (Phi) is 4.58. The monoisotopic (exact) mass is 262 g/mol. The fraction of sp³-hybridized carbons (Fsp3) is 0.267. The van der Waals surface area contributed by atoms with Crippen LogP contribution in [0.2, 0.25) is 0 Å². The molecule has 100 valence electrons. The molecule has 0 fully saturated rings. The van der Waals surface area contributed by atoms with Gasteiger partial charge in [-0.2, -0.15) is 0 Å². The number of nitrogens with zero attached hydrogens (tertiary/aromatic N) is 1. The number of hydrogen-bond acceptors (Lipinski definition) is 2. The molecule has 0 amide bonds. The first-order chi connectivity index (χ1) is 9.16. The molecule has 0 radical (unpaired) electrons. The van der Waals surface area contributed by atoms with Crippen LogP contribution in [0, 0.1) is 11.6 Å². The van der Waals surface area contributed by atoms with Gasteiger partial charge >= 0.3 is 0 Å². The Morgan fingerprint density at radius 2 is 2.00 bits per heavy atom. The van der Waals surface area contributed by atoms with E-state index < -0.39 is 11.6 Å². The first-order valence-electron chi connectivity index (χ1n) is 6.24. The summed E-state index contributed by atoms with van der Waals surface area (Å²) >= 11 is 0. The molecule has 4 heteroatoms. The van der Waals surface area contributed by atoms with E-state index in [9.17, 15) is 8.78 Å². The van der Waals surface area contributed by atoms with Crippen LogP contribution in [0.25, 0.3) is 0 Å². The highest BCUT2D eigenvalue weighted by molar-refractivity contribution is 5.20. The van der Waals surface area contributed by atoms with Crippen molar-refractivity contribution in [2.75, 3.05) is 0 Å². The van der Waals surface area contributed by atoms with E-state index >= 15 is 0 Å². The number of nitrogens with two attached hydrogens (primary N) is 1. The summed E-state index contributed by atoms with van der Waals surface area (Å²) in [5.41, 5.74) is 7.39. The van der Waals surface area contributed by atoms with Crippen molar-refractivity contribution in [1.29, 1.82) is 0 Å². The lowest BCUT2D eigenvalue weighted by molar-refractivity contribution is 0.490. The molecule has 2 aromatic rings. The molecular weight excluding hydrogens is 246 g/mol. The lowest BCUT2D eigenvalue weighted by Crippen LogP contribution is -2.24.